The summed E-state index contributed by atoms with van der Waals surface area (Å²) in [6.45, 7) is 4.77. The van der Waals surface area contributed by atoms with Crippen LogP contribution in [-0.4, -0.2) is 12.3 Å². The molecule has 1 heterocycles. The number of halogens is 3. The van der Waals surface area contributed by atoms with Crippen LogP contribution in [0.3, 0.4) is 0 Å². The van der Waals surface area contributed by atoms with Crippen molar-refractivity contribution in [2.24, 2.45) is 0 Å². The van der Waals surface area contributed by atoms with E-state index >= 15 is 0 Å². The number of nitrogens with zero attached hydrogens (tertiary/aromatic N) is 1. The maximum Gasteiger partial charge on any atom is 0.586 e. The predicted molar refractivity (Wildman–Crippen MR) is 88.1 cm³/mol. The van der Waals surface area contributed by atoms with Crippen molar-refractivity contribution >= 4 is 21.6 Å². The van der Waals surface area contributed by atoms with Gasteiger partial charge in [0.15, 0.2) is 11.5 Å². The molecule has 2 aromatic carbocycles. The van der Waals surface area contributed by atoms with Crippen LogP contribution in [0.5, 0.6) is 11.5 Å². The summed E-state index contributed by atoms with van der Waals surface area (Å²) in [4.78, 5) is 2.11. The molecule has 0 N–H and O–H groups in total. The maximum atomic E-state index is 13.2. The van der Waals surface area contributed by atoms with Gasteiger partial charge in [-0.3, -0.25) is 0 Å². The van der Waals surface area contributed by atoms with E-state index in [0.29, 0.717) is 6.54 Å². The average molecular weight is 384 g/mol. The van der Waals surface area contributed by atoms with E-state index in [1.165, 1.54) is 6.07 Å². The average Bonchev–Trinajstić information content (AvgIpc) is 2.77. The molecule has 0 amide bonds. The number of fused-ring (bicyclic) bond motifs is 1. The zero-order valence-corrected chi connectivity index (χ0v) is 14.3. The molecule has 0 fully saturated rings. The van der Waals surface area contributed by atoms with E-state index in [4.69, 9.17) is 0 Å². The quantitative estimate of drug-likeness (QED) is 0.725. The molecule has 3 nitrogen and oxygen atoms in total. The largest absolute Gasteiger partial charge is 0.586 e. The third-order valence-corrected chi connectivity index (χ3v) is 4.08. The van der Waals surface area contributed by atoms with Crippen LogP contribution in [0.1, 0.15) is 19.4 Å². The van der Waals surface area contributed by atoms with Gasteiger partial charge in [0.1, 0.15) is 0 Å². The molecule has 1 aliphatic heterocycles. The van der Waals surface area contributed by atoms with Gasteiger partial charge in [-0.15, -0.1) is 8.78 Å². The van der Waals surface area contributed by atoms with Gasteiger partial charge in [0.25, 0.3) is 0 Å². The summed E-state index contributed by atoms with van der Waals surface area (Å²) in [5, 5.41) is 0. The summed E-state index contributed by atoms with van der Waals surface area (Å²) in [7, 11) is 0. The molecule has 3 rings (SSSR count). The molecule has 0 radical (unpaired) electrons. The molecule has 0 aromatic heterocycles. The molecule has 23 heavy (non-hydrogen) atoms. The Morgan fingerprint density at radius 3 is 2.52 bits per heavy atom. The SMILES string of the molecule is CC(C)N(Cc1cccc(Br)c1)c1ccc2c(c1)OC(F)(F)O2. The Balaban J connectivity index is 1.88. The van der Waals surface area contributed by atoms with Crippen molar-refractivity contribution in [3.63, 3.8) is 0 Å². The molecule has 0 aliphatic carbocycles. The highest BCUT2D eigenvalue weighted by Crippen LogP contribution is 2.43. The Hall–Kier alpha value is -1.82. The van der Waals surface area contributed by atoms with Crippen molar-refractivity contribution in [1.29, 1.82) is 0 Å². The van der Waals surface area contributed by atoms with E-state index in [2.05, 4.69) is 44.2 Å². The molecule has 122 valence electrons. The molecule has 0 bridgehead atoms. The van der Waals surface area contributed by atoms with E-state index in [0.717, 1.165) is 15.7 Å². The first-order chi connectivity index (χ1) is 10.8. The van der Waals surface area contributed by atoms with Gasteiger partial charge in [-0.05, 0) is 43.7 Å². The lowest BCUT2D eigenvalue weighted by Gasteiger charge is -2.29. The fraction of sp³-hybridized carbons (Fsp3) is 0.294. The van der Waals surface area contributed by atoms with Crippen molar-refractivity contribution in [2.45, 2.75) is 32.7 Å². The number of rotatable bonds is 4. The van der Waals surface area contributed by atoms with Gasteiger partial charge in [-0.1, -0.05) is 28.1 Å². The van der Waals surface area contributed by atoms with Crippen LogP contribution < -0.4 is 14.4 Å². The molecular formula is C17H16BrF2NO2. The first-order valence-electron chi connectivity index (χ1n) is 7.25. The summed E-state index contributed by atoms with van der Waals surface area (Å²) in [5.74, 6) is 0.123. The van der Waals surface area contributed by atoms with Crippen LogP contribution in [0.4, 0.5) is 14.5 Å². The molecule has 0 spiro atoms. The highest BCUT2D eigenvalue weighted by Gasteiger charge is 2.43. The number of ether oxygens (including phenoxy) is 2. The van der Waals surface area contributed by atoms with Gasteiger partial charge in [0.2, 0.25) is 0 Å². The third-order valence-electron chi connectivity index (χ3n) is 3.58. The summed E-state index contributed by atoms with van der Waals surface area (Å²) in [5.41, 5.74) is 1.93. The maximum absolute atomic E-state index is 13.2. The lowest BCUT2D eigenvalue weighted by molar-refractivity contribution is -0.286. The van der Waals surface area contributed by atoms with Gasteiger partial charge in [0, 0.05) is 28.8 Å². The Bertz CT molecular complexity index is 721. The topological polar surface area (TPSA) is 21.7 Å². The zero-order valence-electron chi connectivity index (χ0n) is 12.7. The van der Waals surface area contributed by atoms with E-state index in [1.54, 1.807) is 12.1 Å². The van der Waals surface area contributed by atoms with Crippen molar-refractivity contribution in [1.82, 2.24) is 0 Å². The molecule has 2 aromatic rings. The third kappa shape index (κ3) is 3.58. The standard InChI is InChI=1S/C17H16BrF2NO2/c1-11(2)21(10-12-4-3-5-13(18)8-12)14-6-7-15-16(9-14)23-17(19,20)22-15/h3-9,11H,10H2,1-2H3. The minimum Gasteiger partial charge on any atom is -0.395 e. The first-order valence-corrected chi connectivity index (χ1v) is 8.04. The molecule has 1 aliphatic rings. The second kappa shape index (κ2) is 6.00. The van der Waals surface area contributed by atoms with Crippen LogP contribution in [0.15, 0.2) is 46.9 Å². The fourth-order valence-corrected chi connectivity index (χ4v) is 2.97. The van der Waals surface area contributed by atoms with Crippen LogP contribution in [-0.2, 0) is 6.54 Å². The minimum absolute atomic E-state index is 0.0601. The number of benzene rings is 2. The molecular weight excluding hydrogens is 368 g/mol. The number of anilines is 1. The molecule has 0 unspecified atom stereocenters. The van der Waals surface area contributed by atoms with Crippen LogP contribution >= 0.6 is 15.9 Å². The number of hydrogen-bond donors (Lipinski definition) is 0. The second-order valence-corrected chi connectivity index (χ2v) is 6.57. The predicted octanol–water partition coefficient (Wildman–Crippen LogP) is 5.19. The summed E-state index contributed by atoms with van der Waals surface area (Å²) < 4.78 is 36.3. The fourth-order valence-electron chi connectivity index (χ4n) is 2.52. The van der Waals surface area contributed by atoms with Crippen molar-refractivity contribution in [2.75, 3.05) is 4.90 Å². The molecule has 0 saturated carbocycles. The lowest BCUT2D eigenvalue weighted by atomic mass is 10.1. The van der Waals surface area contributed by atoms with E-state index in [-0.39, 0.29) is 17.5 Å². The Kier molecular flexibility index (Phi) is 4.19. The van der Waals surface area contributed by atoms with Crippen molar-refractivity contribution in [3.8, 4) is 11.5 Å². The van der Waals surface area contributed by atoms with Gasteiger partial charge in [-0.25, -0.2) is 0 Å². The van der Waals surface area contributed by atoms with E-state index in [9.17, 15) is 8.78 Å². The highest BCUT2D eigenvalue weighted by molar-refractivity contribution is 9.10. The van der Waals surface area contributed by atoms with Gasteiger partial charge < -0.3 is 14.4 Å². The van der Waals surface area contributed by atoms with Gasteiger partial charge in [0.05, 0.1) is 0 Å². The van der Waals surface area contributed by atoms with Crippen molar-refractivity contribution in [3.05, 3.63) is 52.5 Å². The highest BCUT2D eigenvalue weighted by atomic mass is 79.9. The molecule has 0 atom stereocenters. The minimum atomic E-state index is -3.59. The van der Waals surface area contributed by atoms with Gasteiger partial charge >= 0.3 is 6.29 Å². The molecule has 6 heteroatoms. The van der Waals surface area contributed by atoms with Crippen LogP contribution in [0, 0.1) is 0 Å². The Labute approximate surface area is 141 Å². The monoisotopic (exact) mass is 383 g/mol. The van der Waals surface area contributed by atoms with Crippen LogP contribution in [0.2, 0.25) is 0 Å². The summed E-state index contributed by atoms with van der Waals surface area (Å²) >= 11 is 3.46. The van der Waals surface area contributed by atoms with E-state index < -0.39 is 6.29 Å². The Morgan fingerprint density at radius 2 is 1.83 bits per heavy atom. The summed E-state index contributed by atoms with van der Waals surface area (Å²) in [6, 6.07) is 13.1. The van der Waals surface area contributed by atoms with E-state index in [1.807, 2.05) is 24.3 Å². The zero-order chi connectivity index (χ0) is 16.6. The first kappa shape index (κ1) is 16.1. The van der Waals surface area contributed by atoms with Crippen LogP contribution in [0.25, 0.3) is 0 Å². The number of alkyl halides is 2. The lowest BCUT2D eigenvalue weighted by Crippen LogP contribution is -2.30. The second-order valence-electron chi connectivity index (χ2n) is 5.65. The summed E-state index contributed by atoms with van der Waals surface area (Å²) in [6.07, 6.45) is -3.59. The Morgan fingerprint density at radius 1 is 1.09 bits per heavy atom. The molecule has 0 saturated heterocycles. The van der Waals surface area contributed by atoms with Gasteiger partial charge in [-0.2, -0.15) is 0 Å². The normalized spacial score (nSPS) is 15.0. The van der Waals surface area contributed by atoms with Crippen molar-refractivity contribution < 1.29 is 18.3 Å². The smallest absolute Gasteiger partial charge is 0.395 e. The number of hydrogen-bond acceptors (Lipinski definition) is 3.